The Bertz CT molecular complexity index is 916. The highest BCUT2D eigenvalue weighted by molar-refractivity contribution is 7.71. The van der Waals surface area contributed by atoms with E-state index in [0.29, 0.717) is 22.1 Å². The number of hydrogen-bond acceptors (Lipinski definition) is 5. The van der Waals surface area contributed by atoms with Gasteiger partial charge in [-0.05, 0) is 36.5 Å². The normalized spacial score (nSPS) is 10.7. The van der Waals surface area contributed by atoms with Gasteiger partial charge in [0.1, 0.15) is 12.4 Å². The van der Waals surface area contributed by atoms with E-state index < -0.39 is 0 Å². The highest BCUT2D eigenvalue weighted by Gasteiger charge is 2.10. The smallest absolute Gasteiger partial charge is 0.219 e. The van der Waals surface area contributed by atoms with Gasteiger partial charge in [0.05, 0.1) is 12.5 Å². The Morgan fingerprint density at radius 3 is 3.04 bits per heavy atom. The third-order valence-electron chi connectivity index (χ3n) is 2.93. The molecule has 6 nitrogen and oxygen atoms in total. The zero-order valence-corrected chi connectivity index (χ0v) is 12.8. The number of aromatic amines is 1. The molecule has 0 aliphatic heterocycles. The molecular weight excluding hydrogens is 312 g/mol. The van der Waals surface area contributed by atoms with Crippen LogP contribution in [0, 0.1) is 17.1 Å². The number of nitrogens with zero attached hydrogens (tertiary/aromatic N) is 3. The van der Waals surface area contributed by atoms with Crippen LogP contribution in [0.25, 0.3) is 11.6 Å². The van der Waals surface area contributed by atoms with E-state index in [1.54, 1.807) is 24.6 Å². The predicted molar refractivity (Wildman–Crippen MR) is 88.9 cm³/mol. The standard InChI is InChI=1S/C16H12N4O2S/c1-2-9-21-13-7-4-3-6-12(13)11-17-20-15(18-19-16(20)23)14-8-5-10-22-14/h1,3-8,10-11H,9H2,(H,19,23)/b17-11-. The second-order valence-electron chi connectivity index (χ2n) is 4.42. The lowest BCUT2D eigenvalue weighted by molar-refractivity contribution is 0.370. The summed E-state index contributed by atoms with van der Waals surface area (Å²) in [6, 6.07) is 11.0. The summed E-state index contributed by atoms with van der Waals surface area (Å²) in [7, 11) is 0. The number of nitrogens with one attached hydrogen (secondary N) is 1. The molecule has 0 aliphatic carbocycles. The molecule has 0 radical (unpaired) electrons. The summed E-state index contributed by atoms with van der Waals surface area (Å²) in [6.07, 6.45) is 8.41. The first-order valence-electron chi connectivity index (χ1n) is 6.70. The van der Waals surface area contributed by atoms with Crippen LogP contribution >= 0.6 is 12.2 Å². The first-order chi connectivity index (χ1) is 11.3. The van der Waals surface area contributed by atoms with Crippen LogP contribution in [0.2, 0.25) is 0 Å². The largest absolute Gasteiger partial charge is 0.480 e. The van der Waals surface area contributed by atoms with Crippen LogP contribution in [-0.4, -0.2) is 27.7 Å². The molecule has 1 aromatic carbocycles. The van der Waals surface area contributed by atoms with Crippen molar-refractivity contribution in [1.29, 1.82) is 0 Å². The fraction of sp³-hybridized carbons (Fsp3) is 0.0625. The number of rotatable bonds is 5. The molecule has 0 aliphatic rings. The van der Waals surface area contributed by atoms with Crippen molar-refractivity contribution in [3.8, 4) is 29.7 Å². The number of furan rings is 1. The van der Waals surface area contributed by atoms with Crippen molar-refractivity contribution < 1.29 is 9.15 Å². The molecule has 114 valence electrons. The van der Waals surface area contributed by atoms with E-state index in [-0.39, 0.29) is 6.61 Å². The maximum Gasteiger partial charge on any atom is 0.219 e. The molecule has 0 amide bonds. The number of terminal acetylenes is 1. The lowest BCUT2D eigenvalue weighted by atomic mass is 10.2. The Balaban J connectivity index is 1.95. The molecule has 0 saturated heterocycles. The van der Waals surface area contributed by atoms with Crippen molar-refractivity contribution >= 4 is 18.4 Å². The minimum atomic E-state index is 0.188. The van der Waals surface area contributed by atoms with E-state index >= 15 is 0 Å². The Labute approximate surface area is 137 Å². The number of hydrogen-bond donors (Lipinski definition) is 1. The fourth-order valence-electron chi connectivity index (χ4n) is 1.92. The molecule has 0 bridgehead atoms. The number of aromatic nitrogens is 3. The van der Waals surface area contributed by atoms with Gasteiger partial charge in [0, 0.05) is 5.56 Å². The quantitative estimate of drug-likeness (QED) is 0.445. The summed E-state index contributed by atoms with van der Waals surface area (Å²) in [6.45, 7) is 0.188. The molecule has 2 aromatic heterocycles. The molecule has 0 atom stereocenters. The van der Waals surface area contributed by atoms with E-state index in [1.807, 2.05) is 24.3 Å². The second-order valence-corrected chi connectivity index (χ2v) is 4.80. The molecule has 1 N–H and O–H groups in total. The highest BCUT2D eigenvalue weighted by Crippen LogP contribution is 2.19. The number of para-hydroxylation sites is 1. The zero-order chi connectivity index (χ0) is 16.1. The Morgan fingerprint density at radius 1 is 1.39 bits per heavy atom. The molecule has 0 unspecified atom stereocenters. The minimum absolute atomic E-state index is 0.188. The Kier molecular flexibility index (Phi) is 4.36. The van der Waals surface area contributed by atoms with Crippen molar-refractivity contribution in [3.05, 3.63) is 53.0 Å². The molecule has 7 heteroatoms. The topological polar surface area (TPSA) is 68.3 Å². The average Bonchev–Trinajstić information content (AvgIpc) is 3.21. The Hall–Kier alpha value is -3.11. The van der Waals surface area contributed by atoms with Crippen LogP contribution in [0.15, 0.2) is 52.2 Å². The SMILES string of the molecule is C#CCOc1ccccc1/C=N\n1c(-c2ccco2)n[nH]c1=S. The van der Waals surface area contributed by atoms with Crippen LogP contribution < -0.4 is 4.74 Å². The van der Waals surface area contributed by atoms with Crippen LogP contribution in [0.5, 0.6) is 5.75 Å². The molecule has 3 rings (SSSR count). The monoisotopic (exact) mass is 324 g/mol. The van der Waals surface area contributed by atoms with E-state index in [4.69, 9.17) is 27.8 Å². The maximum atomic E-state index is 5.48. The summed E-state index contributed by atoms with van der Waals surface area (Å²) >= 11 is 5.20. The fourth-order valence-corrected chi connectivity index (χ4v) is 2.10. The molecule has 23 heavy (non-hydrogen) atoms. The van der Waals surface area contributed by atoms with Crippen molar-refractivity contribution in [2.24, 2.45) is 5.10 Å². The van der Waals surface area contributed by atoms with Crippen molar-refractivity contribution in [2.45, 2.75) is 0 Å². The van der Waals surface area contributed by atoms with Crippen molar-refractivity contribution in [3.63, 3.8) is 0 Å². The van der Waals surface area contributed by atoms with Gasteiger partial charge in [-0.3, -0.25) is 0 Å². The molecule has 0 spiro atoms. The van der Waals surface area contributed by atoms with Crippen LogP contribution in [0.1, 0.15) is 5.56 Å². The van der Waals surface area contributed by atoms with Crippen LogP contribution in [-0.2, 0) is 0 Å². The van der Waals surface area contributed by atoms with Gasteiger partial charge in [-0.1, -0.05) is 18.1 Å². The third-order valence-corrected chi connectivity index (χ3v) is 3.20. The van der Waals surface area contributed by atoms with Gasteiger partial charge in [-0.2, -0.15) is 9.78 Å². The maximum absolute atomic E-state index is 5.48. The lowest BCUT2D eigenvalue weighted by Gasteiger charge is -2.05. The van der Waals surface area contributed by atoms with Gasteiger partial charge in [0.15, 0.2) is 5.76 Å². The molecular formula is C16H12N4O2S. The van der Waals surface area contributed by atoms with Gasteiger partial charge in [0.25, 0.3) is 0 Å². The third kappa shape index (κ3) is 3.22. The molecule has 0 saturated carbocycles. The average molecular weight is 324 g/mol. The van der Waals surface area contributed by atoms with Gasteiger partial charge < -0.3 is 9.15 Å². The first kappa shape index (κ1) is 14.8. The van der Waals surface area contributed by atoms with Gasteiger partial charge >= 0.3 is 0 Å². The van der Waals surface area contributed by atoms with E-state index in [0.717, 1.165) is 5.56 Å². The molecule has 3 aromatic rings. The zero-order valence-electron chi connectivity index (χ0n) is 12.0. The summed E-state index contributed by atoms with van der Waals surface area (Å²) in [4.78, 5) is 0. The first-order valence-corrected chi connectivity index (χ1v) is 7.11. The minimum Gasteiger partial charge on any atom is -0.480 e. The number of benzene rings is 1. The van der Waals surface area contributed by atoms with E-state index in [2.05, 4.69) is 21.2 Å². The van der Waals surface area contributed by atoms with E-state index in [1.165, 1.54) is 4.68 Å². The van der Waals surface area contributed by atoms with Crippen molar-refractivity contribution in [1.82, 2.24) is 14.9 Å². The summed E-state index contributed by atoms with van der Waals surface area (Å²) in [5.41, 5.74) is 0.774. The van der Waals surface area contributed by atoms with E-state index in [9.17, 15) is 0 Å². The van der Waals surface area contributed by atoms with Crippen molar-refractivity contribution in [2.75, 3.05) is 6.61 Å². The highest BCUT2D eigenvalue weighted by atomic mass is 32.1. The van der Waals surface area contributed by atoms with Crippen LogP contribution in [0.4, 0.5) is 0 Å². The molecule has 0 fully saturated rings. The van der Waals surface area contributed by atoms with Gasteiger partial charge in [-0.25, -0.2) is 5.10 Å². The summed E-state index contributed by atoms with van der Waals surface area (Å²) in [5, 5.41) is 11.2. The summed E-state index contributed by atoms with van der Waals surface area (Å²) < 4.78 is 12.7. The Morgan fingerprint density at radius 2 is 2.26 bits per heavy atom. The van der Waals surface area contributed by atoms with Gasteiger partial charge in [0.2, 0.25) is 10.6 Å². The van der Waals surface area contributed by atoms with Crippen LogP contribution in [0.3, 0.4) is 0 Å². The lowest BCUT2D eigenvalue weighted by Crippen LogP contribution is -1.99. The molecule has 2 heterocycles. The van der Waals surface area contributed by atoms with Gasteiger partial charge in [-0.15, -0.1) is 11.5 Å². The number of H-pyrrole nitrogens is 1. The predicted octanol–water partition coefficient (Wildman–Crippen LogP) is 3.09. The summed E-state index contributed by atoms with van der Waals surface area (Å²) in [5.74, 6) is 4.12. The second kappa shape index (κ2) is 6.77. The number of ether oxygens (including phenoxy) is 1.